The van der Waals surface area contributed by atoms with Crippen LogP contribution in [0.4, 0.5) is 5.13 Å². The zero-order valence-electron chi connectivity index (χ0n) is 9.35. The van der Waals surface area contributed by atoms with Gasteiger partial charge >= 0.3 is 5.97 Å². The number of rotatable bonds is 3. The van der Waals surface area contributed by atoms with Crippen LogP contribution in [-0.4, -0.2) is 29.1 Å². The maximum atomic E-state index is 10.8. The summed E-state index contributed by atoms with van der Waals surface area (Å²) in [6, 6.07) is 0. The molecular formula is C11H16N2O2S. The zero-order chi connectivity index (χ0) is 11.5. The molecule has 0 atom stereocenters. The van der Waals surface area contributed by atoms with Gasteiger partial charge < -0.3 is 10.0 Å². The quantitative estimate of drug-likeness (QED) is 0.878. The fourth-order valence-corrected chi connectivity index (χ4v) is 2.88. The Hall–Kier alpha value is -1.10. The summed E-state index contributed by atoms with van der Waals surface area (Å²) in [4.78, 5) is 17.5. The van der Waals surface area contributed by atoms with Crippen molar-refractivity contribution in [3.63, 3.8) is 0 Å². The van der Waals surface area contributed by atoms with Crippen molar-refractivity contribution in [2.75, 3.05) is 18.0 Å². The van der Waals surface area contributed by atoms with Crippen molar-refractivity contribution >= 4 is 22.4 Å². The summed E-state index contributed by atoms with van der Waals surface area (Å²) in [5, 5.41) is 12.0. The number of thiazole rings is 1. The van der Waals surface area contributed by atoms with E-state index in [-0.39, 0.29) is 5.92 Å². The second-order valence-corrected chi connectivity index (χ2v) is 4.91. The van der Waals surface area contributed by atoms with Crippen molar-refractivity contribution in [1.82, 2.24) is 4.98 Å². The SMILES string of the molecule is CCc1csc(N2CCC(C(=O)O)CC2)n1. The summed E-state index contributed by atoms with van der Waals surface area (Å²) >= 11 is 1.66. The van der Waals surface area contributed by atoms with Gasteiger partial charge in [0.2, 0.25) is 0 Å². The Morgan fingerprint density at radius 2 is 2.31 bits per heavy atom. The van der Waals surface area contributed by atoms with Gasteiger partial charge in [0.1, 0.15) is 0 Å². The molecule has 0 radical (unpaired) electrons. The molecule has 1 aromatic heterocycles. The molecule has 1 aromatic rings. The molecule has 1 N–H and O–H groups in total. The van der Waals surface area contributed by atoms with E-state index < -0.39 is 5.97 Å². The second kappa shape index (κ2) is 4.82. The molecule has 0 aliphatic carbocycles. The number of carbonyl (C=O) groups is 1. The summed E-state index contributed by atoms with van der Waals surface area (Å²) in [7, 11) is 0. The maximum Gasteiger partial charge on any atom is 0.306 e. The molecule has 16 heavy (non-hydrogen) atoms. The molecular weight excluding hydrogens is 224 g/mol. The highest BCUT2D eigenvalue weighted by molar-refractivity contribution is 7.13. The zero-order valence-corrected chi connectivity index (χ0v) is 10.2. The Labute approximate surface area is 98.9 Å². The van der Waals surface area contributed by atoms with Gasteiger partial charge in [-0.2, -0.15) is 0 Å². The number of piperidine rings is 1. The van der Waals surface area contributed by atoms with Gasteiger partial charge in [-0.15, -0.1) is 11.3 Å². The topological polar surface area (TPSA) is 53.4 Å². The predicted molar refractivity (Wildman–Crippen MR) is 64.1 cm³/mol. The molecule has 2 heterocycles. The molecule has 0 bridgehead atoms. The lowest BCUT2D eigenvalue weighted by Gasteiger charge is -2.29. The number of aryl methyl sites for hydroxylation is 1. The Morgan fingerprint density at radius 3 is 2.81 bits per heavy atom. The third kappa shape index (κ3) is 2.35. The van der Waals surface area contributed by atoms with Gasteiger partial charge in [0, 0.05) is 18.5 Å². The summed E-state index contributed by atoms with van der Waals surface area (Å²) < 4.78 is 0. The van der Waals surface area contributed by atoms with Crippen LogP contribution in [0.3, 0.4) is 0 Å². The van der Waals surface area contributed by atoms with Crippen molar-refractivity contribution in [2.24, 2.45) is 5.92 Å². The molecule has 1 aliphatic heterocycles. The molecule has 0 saturated carbocycles. The first-order valence-electron chi connectivity index (χ1n) is 5.63. The monoisotopic (exact) mass is 240 g/mol. The van der Waals surface area contributed by atoms with E-state index in [9.17, 15) is 4.79 Å². The van der Waals surface area contributed by atoms with Gasteiger partial charge in [0.25, 0.3) is 0 Å². The van der Waals surface area contributed by atoms with Gasteiger partial charge in [-0.25, -0.2) is 4.98 Å². The molecule has 88 valence electrons. The Morgan fingerprint density at radius 1 is 1.62 bits per heavy atom. The average Bonchev–Trinajstić information content (AvgIpc) is 2.77. The number of hydrogen-bond acceptors (Lipinski definition) is 4. The highest BCUT2D eigenvalue weighted by atomic mass is 32.1. The minimum atomic E-state index is -0.659. The fourth-order valence-electron chi connectivity index (χ4n) is 1.92. The first-order valence-corrected chi connectivity index (χ1v) is 6.50. The standard InChI is InChI=1S/C11H16N2O2S/c1-2-9-7-16-11(12-9)13-5-3-8(4-6-13)10(14)15/h7-8H,2-6H2,1H3,(H,14,15). The van der Waals surface area contributed by atoms with Crippen LogP contribution in [0.25, 0.3) is 0 Å². The van der Waals surface area contributed by atoms with Crippen molar-refractivity contribution < 1.29 is 9.90 Å². The van der Waals surface area contributed by atoms with Gasteiger partial charge in [0.05, 0.1) is 11.6 Å². The summed E-state index contributed by atoms with van der Waals surface area (Å²) in [5.74, 6) is -0.824. The van der Waals surface area contributed by atoms with E-state index in [1.165, 1.54) is 0 Å². The molecule has 5 heteroatoms. The lowest BCUT2D eigenvalue weighted by Crippen LogP contribution is -2.36. The number of nitrogens with zero attached hydrogens (tertiary/aromatic N) is 2. The van der Waals surface area contributed by atoms with Crippen LogP contribution in [0.1, 0.15) is 25.5 Å². The van der Waals surface area contributed by atoms with Crippen LogP contribution < -0.4 is 4.90 Å². The predicted octanol–water partition coefficient (Wildman–Crippen LogP) is 2.01. The molecule has 4 nitrogen and oxygen atoms in total. The molecule has 1 fully saturated rings. The maximum absolute atomic E-state index is 10.8. The molecule has 0 unspecified atom stereocenters. The second-order valence-electron chi connectivity index (χ2n) is 4.07. The van der Waals surface area contributed by atoms with E-state index in [1.54, 1.807) is 11.3 Å². The molecule has 0 amide bonds. The van der Waals surface area contributed by atoms with Gasteiger partial charge in [-0.3, -0.25) is 4.79 Å². The van der Waals surface area contributed by atoms with Crippen molar-refractivity contribution in [3.05, 3.63) is 11.1 Å². The number of carboxylic acid groups (broad SMARTS) is 1. The van der Waals surface area contributed by atoms with Crippen LogP contribution in [0.2, 0.25) is 0 Å². The lowest BCUT2D eigenvalue weighted by molar-refractivity contribution is -0.142. The number of aromatic nitrogens is 1. The first-order chi connectivity index (χ1) is 7.70. The average molecular weight is 240 g/mol. The largest absolute Gasteiger partial charge is 0.481 e. The Balaban J connectivity index is 1.96. The van der Waals surface area contributed by atoms with Crippen LogP contribution in [-0.2, 0) is 11.2 Å². The fraction of sp³-hybridized carbons (Fsp3) is 0.636. The van der Waals surface area contributed by atoms with E-state index >= 15 is 0 Å². The van der Waals surface area contributed by atoms with Crippen LogP contribution >= 0.6 is 11.3 Å². The smallest absolute Gasteiger partial charge is 0.306 e. The molecule has 2 rings (SSSR count). The molecule has 0 aromatic carbocycles. The van der Waals surface area contributed by atoms with E-state index in [4.69, 9.17) is 5.11 Å². The highest BCUT2D eigenvalue weighted by Crippen LogP contribution is 2.26. The van der Waals surface area contributed by atoms with E-state index in [0.29, 0.717) is 0 Å². The molecule has 1 saturated heterocycles. The molecule has 1 aliphatic rings. The Bertz CT molecular complexity index is 370. The number of carboxylic acids is 1. The normalized spacial score (nSPS) is 17.7. The number of aliphatic carboxylic acids is 1. The van der Waals surface area contributed by atoms with Crippen molar-refractivity contribution in [2.45, 2.75) is 26.2 Å². The molecule has 0 spiro atoms. The summed E-state index contributed by atoms with van der Waals surface area (Å²) in [5.41, 5.74) is 1.13. The Kier molecular flexibility index (Phi) is 3.43. The van der Waals surface area contributed by atoms with E-state index in [1.807, 2.05) is 0 Å². The van der Waals surface area contributed by atoms with Crippen molar-refractivity contribution in [3.8, 4) is 0 Å². The minimum absolute atomic E-state index is 0.165. The van der Waals surface area contributed by atoms with Gasteiger partial charge in [-0.1, -0.05) is 6.92 Å². The van der Waals surface area contributed by atoms with Gasteiger partial charge in [-0.05, 0) is 19.3 Å². The minimum Gasteiger partial charge on any atom is -0.481 e. The van der Waals surface area contributed by atoms with Crippen molar-refractivity contribution in [1.29, 1.82) is 0 Å². The van der Waals surface area contributed by atoms with E-state index in [2.05, 4.69) is 22.2 Å². The third-order valence-electron chi connectivity index (χ3n) is 3.02. The van der Waals surface area contributed by atoms with Crippen LogP contribution in [0.15, 0.2) is 5.38 Å². The summed E-state index contributed by atoms with van der Waals surface area (Å²) in [6.45, 7) is 3.72. The lowest BCUT2D eigenvalue weighted by atomic mass is 9.98. The van der Waals surface area contributed by atoms with Crippen LogP contribution in [0.5, 0.6) is 0 Å². The number of hydrogen-bond donors (Lipinski definition) is 1. The van der Waals surface area contributed by atoms with E-state index in [0.717, 1.165) is 43.2 Å². The summed E-state index contributed by atoms with van der Waals surface area (Å²) in [6.07, 6.45) is 2.43. The third-order valence-corrected chi connectivity index (χ3v) is 3.97. The number of anilines is 1. The first kappa shape index (κ1) is 11.4. The highest BCUT2D eigenvalue weighted by Gasteiger charge is 2.25. The van der Waals surface area contributed by atoms with Crippen LogP contribution in [0, 0.1) is 5.92 Å². The van der Waals surface area contributed by atoms with Gasteiger partial charge in [0.15, 0.2) is 5.13 Å².